The Morgan fingerprint density at radius 2 is 1.89 bits per heavy atom. The molecule has 0 saturated carbocycles. The van der Waals surface area contributed by atoms with E-state index in [4.69, 9.17) is 14.2 Å². The molecule has 0 spiro atoms. The Morgan fingerprint density at radius 1 is 1.14 bits per heavy atom. The van der Waals surface area contributed by atoms with Crippen LogP contribution >= 0.6 is 0 Å². The minimum absolute atomic E-state index is 0.0650. The second-order valence-corrected chi connectivity index (χ2v) is 8.45. The number of ether oxygens (including phenoxy) is 3. The first-order chi connectivity index (χ1) is 17.0. The van der Waals surface area contributed by atoms with Crippen LogP contribution < -0.4 is 25.7 Å². The van der Waals surface area contributed by atoms with Gasteiger partial charge in [-0.3, -0.25) is 9.78 Å². The van der Waals surface area contributed by atoms with Gasteiger partial charge in [0.15, 0.2) is 11.4 Å². The Labute approximate surface area is 203 Å². The SMILES string of the molecule is COc1cc(-c2ccc(NC(=O)Nc3ccc(OC4(C)COC4)c(C(F)(F)F)c3)c(C)n2)c[nH]c1=O. The van der Waals surface area contributed by atoms with Gasteiger partial charge in [-0.15, -0.1) is 0 Å². The zero-order valence-corrected chi connectivity index (χ0v) is 19.6. The van der Waals surface area contributed by atoms with Crippen LogP contribution in [-0.2, 0) is 10.9 Å². The van der Waals surface area contributed by atoms with Crippen LogP contribution in [0, 0.1) is 6.92 Å². The third-order valence-corrected chi connectivity index (χ3v) is 5.43. The summed E-state index contributed by atoms with van der Waals surface area (Å²) < 4.78 is 56.5. The number of amides is 2. The first-order valence-electron chi connectivity index (χ1n) is 10.8. The lowest BCUT2D eigenvalue weighted by Crippen LogP contribution is -2.51. The van der Waals surface area contributed by atoms with Crippen LogP contribution in [0.15, 0.2) is 47.4 Å². The number of urea groups is 1. The number of H-pyrrole nitrogens is 1. The van der Waals surface area contributed by atoms with Crippen LogP contribution in [-0.4, -0.2) is 41.9 Å². The highest BCUT2D eigenvalue weighted by Crippen LogP contribution is 2.40. The molecule has 3 heterocycles. The molecule has 1 aliphatic heterocycles. The van der Waals surface area contributed by atoms with Crippen molar-refractivity contribution in [3.8, 4) is 22.8 Å². The molecule has 9 nitrogen and oxygen atoms in total. The number of halogens is 3. The molecule has 0 unspecified atom stereocenters. The Bertz CT molecular complexity index is 1350. The number of nitrogens with one attached hydrogen (secondary N) is 3. The van der Waals surface area contributed by atoms with Crippen molar-refractivity contribution in [3.05, 3.63) is 64.2 Å². The summed E-state index contributed by atoms with van der Waals surface area (Å²) in [7, 11) is 1.38. The summed E-state index contributed by atoms with van der Waals surface area (Å²) in [6.07, 6.45) is -3.21. The molecule has 2 aromatic heterocycles. The number of pyridine rings is 2. The van der Waals surface area contributed by atoms with E-state index < -0.39 is 23.4 Å². The fraction of sp³-hybridized carbons (Fsp3) is 0.292. The second-order valence-electron chi connectivity index (χ2n) is 8.45. The van der Waals surface area contributed by atoms with E-state index in [0.717, 1.165) is 6.07 Å². The smallest absolute Gasteiger partial charge is 0.420 e. The number of anilines is 2. The summed E-state index contributed by atoms with van der Waals surface area (Å²) in [4.78, 5) is 31.1. The molecule has 3 aromatic rings. The predicted octanol–water partition coefficient (Wildman–Crippen LogP) is 4.58. The highest BCUT2D eigenvalue weighted by Gasteiger charge is 2.40. The van der Waals surface area contributed by atoms with Crippen molar-refractivity contribution in [2.45, 2.75) is 25.6 Å². The van der Waals surface area contributed by atoms with Gasteiger partial charge in [-0.05, 0) is 50.2 Å². The van der Waals surface area contributed by atoms with Crippen LogP contribution in [0.3, 0.4) is 0 Å². The number of nitrogens with zero attached hydrogens (tertiary/aromatic N) is 1. The first kappa shape index (κ1) is 25.0. The lowest BCUT2D eigenvalue weighted by molar-refractivity contribution is -0.160. The Morgan fingerprint density at radius 3 is 2.50 bits per heavy atom. The van der Waals surface area contributed by atoms with Crippen molar-refractivity contribution in [3.63, 3.8) is 0 Å². The summed E-state index contributed by atoms with van der Waals surface area (Å²) in [5.41, 5.74) is -0.378. The first-order valence-corrected chi connectivity index (χ1v) is 10.8. The van der Waals surface area contributed by atoms with Crippen molar-refractivity contribution in [2.75, 3.05) is 31.0 Å². The molecule has 0 bridgehead atoms. The fourth-order valence-corrected chi connectivity index (χ4v) is 3.53. The quantitative estimate of drug-likeness (QED) is 0.453. The number of aromatic amines is 1. The highest BCUT2D eigenvalue weighted by molar-refractivity contribution is 6.00. The lowest BCUT2D eigenvalue weighted by atomic mass is 10.0. The number of rotatable bonds is 6. The monoisotopic (exact) mass is 504 g/mol. The molecule has 0 atom stereocenters. The summed E-state index contributed by atoms with van der Waals surface area (Å²) in [5, 5.41) is 4.98. The predicted molar refractivity (Wildman–Crippen MR) is 126 cm³/mol. The van der Waals surface area contributed by atoms with Gasteiger partial charge in [-0.25, -0.2) is 4.79 Å². The molecule has 2 amide bonds. The van der Waals surface area contributed by atoms with Gasteiger partial charge >= 0.3 is 12.2 Å². The Hall–Kier alpha value is -4.06. The number of hydrogen-bond acceptors (Lipinski definition) is 6. The van der Waals surface area contributed by atoms with E-state index in [1.807, 2.05) is 0 Å². The van der Waals surface area contributed by atoms with Gasteiger partial charge in [-0.2, -0.15) is 13.2 Å². The van der Waals surface area contributed by atoms with Gasteiger partial charge in [0, 0.05) is 17.4 Å². The number of carbonyl (C=O) groups is 1. The lowest BCUT2D eigenvalue weighted by Gasteiger charge is -2.38. The van der Waals surface area contributed by atoms with Crippen LogP contribution in [0.1, 0.15) is 18.2 Å². The summed E-state index contributed by atoms with van der Waals surface area (Å²) in [6.45, 7) is 3.69. The number of methoxy groups -OCH3 is 1. The molecule has 1 fully saturated rings. The van der Waals surface area contributed by atoms with Gasteiger partial charge in [0.2, 0.25) is 0 Å². The topological polar surface area (TPSA) is 115 Å². The van der Waals surface area contributed by atoms with E-state index in [1.54, 1.807) is 26.0 Å². The van der Waals surface area contributed by atoms with E-state index in [1.165, 1.54) is 31.5 Å². The van der Waals surface area contributed by atoms with Crippen molar-refractivity contribution >= 4 is 17.4 Å². The maximum Gasteiger partial charge on any atom is 0.420 e. The average Bonchev–Trinajstić information content (AvgIpc) is 2.80. The molecule has 1 saturated heterocycles. The zero-order chi connectivity index (χ0) is 26.1. The average molecular weight is 504 g/mol. The summed E-state index contributed by atoms with van der Waals surface area (Å²) in [6, 6.07) is 7.30. The molecule has 3 N–H and O–H groups in total. The van der Waals surface area contributed by atoms with Crippen LogP contribution in [0.5, 0.6) is 11.5 Å². The highest BCUT2D eigenvalue weighted by atomic mass is 19.4. The normalized spacial score (nSPS) is 14.5. The number of aromatic nitrogens is 2. The number of hydrogen-bond donors (Lipinski definition) is 3. The molecule has 12 heteroatoms. The van der Waals surface area contributed by atoms with Crippen LogP contribution in [0.2, 0.25) is 0 Å². The molecular formula is C24H23F3N4O5. The number of carbonyl (C=O) groups excluding carboxylic acids is 1. The summed E-state index contributed by atoms with van der Waals surface area (Å²) in [5.74, 6) is -0.216. The van der Waals surface area contributed by atoms with Gasteiger partial charge in [0.05, 0.1) is 43.0 Å². The molecule has 190 valence electrons. The van der Waals surface area contributed by atoms with Crippen molar-refractivity contribution in [1.82, 2.24) is 9.97 Å². The van der Waals surface area contributed by atoms with Crippen LogP contribution in [0.25, 0.3) is 11.3 Å². The molecule has 4 rings (SSSR count). The van der Waals surface area contributed by atoms with E-state index in [2.05, 4.69) is 20.6 Å². The van der Waals surface area contributed by atoms with E-state index in [-0.39, 0.29) is 36.0 Å². The maximum absolute atomic E-state index is 13.6. The molecule has 0 radical (unpaired) electrons. The molecule has 36 heavy (non-hydrogen) atoms. The third-order valence-electron chi connectivity index (χ3n) is 5.43. The van der Waals surface area contributed by atoms with E-state index in [9.17, 15) is 22.8 Å². The molecule has 1 aliphatic rings. The van der Waals surface area contributed by atoms with E-state index in [0.29, 0.717) is 22.6 Å². The van der Waals surface area contributed by atoms with Crippen molar-refractivity contribution in [2.24, 2.45) is 0 Å². The standard InChI is InChI=1S/C24H23F3N4O5/c1-13-17(5-6-18(29-13)14-8-20(34-3)21(32)28-10-14)31-22(33)30-15-4-7-19(16(9-15)24(25,26)27)36-23(2)11-35-12-23/h4-10H,11-12H2,1-3H3,(H,28,32)(H2,30,31,33). The number of alkyl halides is 3. The molecule has 0 aliphatic carbocycles. The fourth-order valence-electron chi connectivity index (χ4n) is 3.53. The van der Waals surface area contributed by atoms with Gasteiger partial charge in [0.25, 0.3) is 5.56 Å². The van der Waals surface area contributed by atoms with Gasteiger partial charge in [0.1, 0.15) is 5.75 Å². The van der Waals surface area contributed by atoms with Crippen molar-refractivity contribution < 1.29 is 32.2 Å². The van der Waals surface area contributed by atoms with Crippen LogP contribution in [0.4, 0.5) is 29.3 Å². The minimum atomic E-state index is -4.69. The molecular weight excluding hydrogens is 481 g/mol. The second kappa shape index (κ2) is 9.53. The largest absolute Gasteiger partial charge is 0.491 e. The zero-order valence-electron chi connectivity index (χ0n) is 19.6. The molecule has 1 aromatic carbocycles. The van der Waals surface area contributed by atoms with Gasteiger partial charge in [-0.1, -0.05) is 0 Å². The van der Waals surface area contributed by atoms with E-state index >= 15 is 0 Å². The Kier molecular flexibility index (Phi) is 6.63. The minimum Gasteiger partial charge on any atom is -0.491 e. The third kappa shape index (κ3) is 5.43. The maximum atomic E-state index is 13.6. The Balaban J connectivity index is 1.49. The van der Waals surface area contributed by atoms with Crippen molar-refractivity contribution in [1.29, 1.82) is 0 Å². The van der Waals surface area contributed by atoms with Gasteiger partial charge < -0.3 is 29.8 Å². The summed E-state index contributed by atoms with van der Waals surface area (Å²) >= 11 is 0. The number of aryl methyl sites for hydroxylation is 1. The number of benzene rings is 1.